The SMILES string of the molecule is C=NC1CCN(C)C1. The van der Waals surface area contributed by atoms with Crippen LogP contribution in [-0.2, 0) is 0 Å². The summed E-state index contributed by atoms with van der Waals surface area (Å²) >= 11 is 0. The fourth-order valence-corrected chi connectivity index (χ4v) is 1.06. The topological polar surface area (TPSA) is 15.6 Å². The molecular formula is C6H12N2. The molecule has 1 fully saturated rings. The Kier molecular flexibility index (Phi) is 1.63. The molecule has 0 radical (unpaired) electrons. The van der Waals surface area contributed by atoms with E-state index in [1.54, 1.807) is 0 Å². The Balaban J connectivity index is 2.32. The monoisotopic (exact) mass is 112 g/mol. The van der Waals surface area contributed by atoms with Crippen molar-refractivity contribution in [2.24, 2.45) is 4.99 Å². The van der Waals surface area contributed by atoms with E-state index >= 15 is 0 Å². The van der Waals surface area contributed by atoms with E-state index in [4.69, 9.17) is 0 Å². The maximum Gasteiger partial charge on any atom is 0.0631 e. The first-order valence-electron chi connectivity index (χ1n) is 2.97. The van der Waals surface area contributed by atoms with E-state index < -0.39 is 0 Å². The second-order valence-electron chi connectivity index (χ2n) is 2.39. The standard InChI is InChI=1S/C6H12N2/c1-7-6-3-4-8(2)5-6/h6H,1,3-5H2,2H3. The third-order valence-electron chi connectivity index (χ3n) is 1.62. The van der Waals surface area contributed by atoms with E-state index in [1.807, 2.05) is 0 Å². The van der Waals surface area contributed by atoms with Crippen LogP contribution in [0.3, 0.4) is 0 Å². The molecule has 0 aromatic rings. The molecule has 0 N–H and O–H groups in total. The largest absolute Gasteiger partial charge is 0.304 e. The normalized spacial score (nSPS) is 30.9. The lowest BCUT2D eigenvalue weighted by Gasteiger charge is -2.03. The Morgan fingerprint density at radius 1 is 1.75 bits per heavy atom. The summed E-state index contributed by atoms with van der Waals surface area (Å²) in [4.78, 5) is 6.22. The molecule has 1 heterocycles. The molecule has 2 nitrogen and oxygen atoms in total. The zero-order valence-electron chi connectivity index (χ0n) is 5.30. The molecule has 1 aliphatic heterocycles. The highest BCUT2D eigenvalue weighted by Gasteiger charge is 2.16. The third kappa shape index (κ3) is 1.07. The fourth-order valence-electron chi connectivity index (χ4n) is 1.06. The summed E-state index contributed by atoms with van der Waals surface area (Å²) in [5, 5.41) is 0. The molecule has 46 valence electrons. The van der Waals surface area contributed by atoms with Crippen LogP contribution in [0.25, 0.3) is 0 Å². The minimum Gasteiger partial charge on any atom is -0.304 e. The van der Waals surface area contributed by atoms with Gasteiger partial charge in [0.05, 0.1) is 6.04 Å². The second-order valence-corrected chi connectivity index (χ2v) is 2.39. The maximum atomic E-state index is 3.95. The number of hydrogen-bond donors (Lipinski definition) is 0. The molecule has 1 rings (SSSR count). The average molecular weight is 112 g/mol. The first kappa shape index (κ1) is 5.76. The molecule has 0 spiro atoms. The molecule has 1 unspecified atom stereocenters. The van der Waals surface area contributed by atoms with Crippen LogP contribution < -0.4 is 0 Å². The van der Waals surface area contributed by atoms with E-state index in [-0.39, 0.29) is 0 Å². The van der Waals surface area contributed by atoms with Crippen LogP contribution in [-0.4, -0.2) is 37.8 Å². The van der Waals surface area contributed by atoms with Gasteiger partial charge in [-0.1, -0.05) is 0 Å². The summed E-state index contributed by atoms with van der Waals surface area (Å²) in [6, 6.07) is 0.514. The summed E-state index contributed by atoms with van der Waals surface area (Å²) in [5.74, 6) is 0. The van der Waals surface area contributed by atoms with Gasteiger partial charge < -0.3 is 4.90 Å². The Hall–Kier alpha value is -0.370. The zero-order chi connectivity index (χ0) is 5.98. The summed E-state index contributed by atoms with van der Waals surface area (Å²) in [6.07, 6.45) is 1.19. The quantitative estimate of drug-likeness (QED) is 0.448. The molecule has 0 amide bonds. The zero-order valence-corrected chi connectivity index (χ0v) is 5.30. The fraction of sp³-hybridized carbons (Fsp3) is 0.833. The number of rotatable bonds is 1. The molecule has 0 bridgehead atoms. The lowest BCUT2D eigenvalue weighted by atomic mass is 10.3. The van der Waals surface area contributed by atoms with Gasteiger partial charge in [-0.2, -0.15) is 0 Å². The molecule has 1 aliphatic rings. The highest BCUT2D eigenvalue weighted by atomic mass is 15.1. The number of hydrogen-bond acceptors (Lipinski definition) is 2. The van der Waals surface area contributed by atoms with E-state index in [9.17, 15) is 0 Å². The van der Waals surface area contributed by atoms with Gasteiger partial charge in [0.25, 0.3) is 0 Å². The third-order valence-corrected chi connectivity index (χ3v) is 1.62. The second kappa shape index (κ2) is 2.27. The van der Waals surface area contributed by atoms with Gasteiger partial charge in [-0.15, -0.1) is 0 Å². The number of likely N-dealkylation sites (N-methyl/N-ethyl adjacent to an activating group) is 1. The van der Waals surface area contributed by atoms with Crippen LogP contribution in [0.2, 0.25) is 0 Å². The van der Waals surface area contributed by atoms with Gasteiger partial charge in [-0.3, -0.25) is 4.99 Å². The molecule has 1 atom stereocenters. The van der Waals surface area contributed by atoms with Gasteiger partial charge in [0.1, 0.15) is 0 Å². The molecule has 0 saturated carbocycles. The van der Waals surface area contributed by atoms with E-state index in [0.717, 1.165) is 6.54 Å². The highest BCUT2D eigenvalue weighted by Crippen LogP contribution is 2.08. The molecule has 0 aromatic heterocycles. The smallest absolute Gasteiger partial charge is 0.0631 e. The predicted octanol–water partition coefficient (Wildman–Crippen LogP) is 0.391. The minimum absolute atomic E-state index is 0.514. The number of nitrogens with zero attached hydrogens (tertiary/aromatic N) is 2. The van der Waals surface area contributed by atoms with Crippen molar-refractivity contribution in [3.63, 3.8) is 0 Å². The van der Waals surface area contributed by atoms with Crippen molar-refractivity contribution in [3.05, 3.63) is 0 Å². The van der Waals surface area contributed by atoms with Gasteiger partial charge in [0, 0.05) is 6.54 Å². The lowest BCUT2D eigenvalue weighted by Crippen LogP contribution is -2.15. The summed E-state index contributed by atoms with van der Waals surface area (Å²) < 4.78 is 0. The Bertz CT molecular complexity index is 90.5. The van der Waals surface area contributed by atoms with Crippen LogP contribution in [0.5, 0.6) is 0 Å². The Morgan fingerprint density at radius 2 is 2.50 bits per heavy atom. The average Bonchev–Trinajstić information content (AvgIpc) is 2.14. The molecule has 2 heteroatoms. The van der Waals surface area contributed by atoms with Gasteiger partial charge >= 0.3 is 0 Å². The number of aliphatic imine (C=N–C) groups is 1. The Morgan fingerprint density at radius 3 is 2.75 bits per heavy atom. The van der Waals surface area contributed by atoms with Crippen molar-refractivity contribution in [1.82, 2.24) is 4.90 Å². The summed E-state index contributed by atoms with van der Waals surface area (Å²) in [5.41, 5.74) is 0. The van der Waals surface area contributed by atoms with Gasteiger partial charge in [-0.05, 0) is 26.7 Å². The van der Waals surface area contributed by atoms with Crippen molar-refractivity contribution in [2.45, 2.75) is 12.5 Å². The van der Waals surface area contributed by atoms with Crippen LogP contribution in [0.15, 0.2) is 4.99 Å². The van der Waals surface area contributed by atoms with Crippen LogP contribution in [0.1, 0.15) is 6.42 Å². The first-order valence-corrected chi connectivity index (χ1v) is 2.97. The Labute approximate surface area is 50.2 Å². The van der Waals surface area contributed by atoms with Gasteiger partial charge in [-0.25, -0.2) is 0 Å². The predicted molar refractivity (Wildman–Crippen MR) is 35.5 cm³/mol. The summed E-state index contributed by atoms with van der Waals surface area (Å²) in [6.45, 7) is 5.79. The molecule has 0 aliphatic carbocycles. The molecule has 8 heavy (non-hydrogen) atoms. The van der Waals surface area contributed by atoms with Gasteiger partial charge in [0.2, 0.25) is 0 Å². The first-order chi connectivity index (χ1) is 3.83. The lowest BCUT2D eigenvalue weighted by molar-refractivity contribution is 0.412. The van der Waals surface area contributed by atoms with Crippen molar-refractivity contribution in [1.29, 1.82) is 0 Å². The summed E-state index contributed by atoms with van der Waals surface area (Å²) in [7, 11) is 2.12. The number of likely N-dealkylation sites (tertiary alicyclic amines) is 1. The van der Waals surface area contributed by atoms with Crippen molar-refractivity contribution in [3.8, 4) is 0 Å². The maximum absolute atomic E-state index is 3.95. The van der Waals surface area contributed by atoms with Crippen molar-refractivity contribution in [2.75, 3.05) is 20.1 Å². The molecular weight excluding hydrogens is 100 g/mol. The van der Waals surface area contributed by atoms with Crippen LogP contribution >= 0.6 is 0 Å². The molecule has 1 saturated heterocycles. The van der Waals surface area contributed by atoms with E-state index in [1.165, 1.54) is 13.0 Å². The van der Waals surface area contributed by atoms with Crippen molar-refractivity contribution >= 4 is 6.72 Å². The van der Waals surface area contributed by atoms with E-state index in [0.29, 0.717) is 6.04 Å². The highest BCUT2D eigenvalue weighted by molar-refractivity contribution is 5.24. The van der Waals surface area contributed by atoms with Gasteiger partial charge in [0.15, 0.2) is 0 Å². The molecule has 0 aromatic carbocycles. The minimum atomic E-state index is 0.514. The van der Waals surface area contributed by atoms with Crippen molar-refractivity contribution < 1.29 is 0 Å². The van der Waals surface area contributed by atoms with E-state index in [2.05, 4.69) is 23.7 Å². The van der Waals surface area contributed by atoms with Crippen LogP contribution in [0.4, 0.5) is 0 Å². The van der Waals surface area contributed by atoms with Crippen LogP contribution in [0, 0.1) is 0 Å².